The van der Waals surface area contributed by atoms with E-state index in [0.29, 0.717) is 17.7 Å². The summed E-state index contributed by atoms with van der Waals surface area (Å²) < 4.78 is 0.865. The van der Waals surface area contributed by atoms with Crippen LogP contribution >= 0.6 is 27.7 Å². The Balaban J connectivity index is 2.74. The first-order chi connectivity index (χ1) is 8.54. The van der Waals surface area contributed by atoms with Gasteiger partial charge in [0.25, 0.3) is 0 Å². The minimum atomic E-state index is -1.06. The van der Waals surface area contributed by atoms with E-state index in [0.717, 1.165) is 4.47 Å². The number of amides is 1. The minimum absolute atomic E-state index is 0.250. The van der Waals surface area contributed by atoms with E-state index in [2.05, 4.69) is 21.2 Å². The van der Waals surface area contributed by atoms with E-state index in [1.165, 1.54) is 0 Å². The molecule has 0 heterocycles. The summed E-state index contributed by atoms with van der Waals surface area (Å²) in [6.45, 7) is 0. The number of carboxylic acids is 1. The van der Waals surface area contributed by atoms with Crippen molar-refractivity contribution in [1.29, 1.82) is 0 Å². The van der Waals surface area contributed by atoms with Crippen LogP contribution in [0.1, 0.15) is 18.0 Å². The molecule has 0 saturated heterocycles. The van der Waals surface area contributed by atoms with Gasteiger partial charge in [-0.2, -0.15) is 11.8 Å². The number of hydrogen-bond acceptors (Lipinski definition) is 3. The van der Waals surface area contributed by atoms with E-state index in [4.69, 9.17) is 5.11 Å². The first-order valence-corrected chi connectivity index (χ1v) is 7.50. The summed E-state index contributed by atoms with van der Waals surface area (Å²) in [5, 5.41) is 11.7. The number of halogens is 1. The number of carboxylic acid groups (broad SMARTS) is 1. The highest BCUT2D eigenvalue weighted by atomic mass is 79.9. The zero-order valence-corrected chi connectivity index (χ0v) is 12.3. The van der Waals surface area contributed by atoms with Crippen LogP contribution in [0.2, 0.25) is 0 Å². The lowest BCUT2D eigenvalue weighted by Crippen LogP contribution is -2.33. The SMILES string of the molecule is CSCCC(=O)NC(C(=O)O)c1ccc(Br)cc1. The van der Waals surface area contributed by atoms with Gasteiger partial charge in [0.2, 0.25) is 5.91 Å². The number of rotatable bonds is 6. The molecule has 1 aromatic carbocycles. The van der Waals surface area contributed by atoms with Crippen LogP contribution in [0.25, 0.3) is 0 Å². The van der Waals surface area contributed by atoms with Crippen molar-refractivity contribution in [2.45, 2.75) is 12.5 Å². The van der Waals surface area contributed by atoms with E-state index in [1.807, 2.05) is 6.26 Å². The van der Waals surface area contributed by atoms with Crippen molar-refractivity contribution >= 4 is 39.6 Å². The third-order valence-electron chi connectivity index (χ3n) is 2.29. The second-order valence-electron chi connectivity index (χ2n) is 3.63. The quantitative estimate of drug-likeness (QED) is 0.840. The van der Waals surface area contributed by atoms with Crippen molar-refractivity contribution in [3.8, 4) is 0 Å². The maximum absolute atomic E-state index is 11.6. The molecule has 0 aliphatic carbocycles. The number of benzene rings is 1. The number of nitrogens with one attached hydrogen (secondary N) is 1. The summed E-state index contributed by atoms with van der Waals surface area (Å²) in [4.78, 5) is 22.7. The number of aliphatic carboxylic acids is 1. The predicted octanol–water partition coefficient (Wildman–Crippen LogP) is 2.44. The Morgan fingerprint density at radius 1 is 1.39 bits per heavy atom. The van der Waals surface area contributed by atoms with E-state index >= 15 is 0 Å². The van der Waals surface area contributed by atoms with Gasteiger partial charge in [0, 0.05) is 16.6 Å². The summed E-state index contributed by atoms with van der Waals surface area (Å²) in [6, 6.07) is 5.86. The normalized spacial score (nSPS) is 11.9. The monoisotopic (exact) mass is 331 g/mol. The Morgan fingerprint density at radius 3 is 2.50 bits per heavy atom. The Hall–Kier alpha value is -1.01. The third-order valence-corrected chi connectivity index (χ3v) is 3.43. The predicted molar refractivity (Wildman–Crippen MR) is 75.7 cm³/mol. The van der Waals surface area contributed by atoms with Gasteiger partial charge in [-0.1, -0.05) is 28.1 Å². The molecule has 0 aliphatic heterocycles. The van der Waals surface area contributed by atoms with Gasteiger partial charge >= 0.3 is 5.97 Å². The van der Waals surface area contributed by atoms with E-state index in [-0.39, 0.29) is 5.91 Å². The molecule has 0 bridgehead atoms. The van der Waals surface area contributed by atoms with Crippen molar-refractivity contribution in [2.75, 3.05) is 12.0 Å². The Labute approximate surface area is 118 Å². The molecule has 0 saturated carbocycles. The van der Waals surface area contributed by atoms with Gasteiger partial charge in [0.15, 0.2) is 6.04 Å². The average molecular weight is 332 g/mol. The fourth-order valence-electron chi connectivity index (χ4n) is 1.37. The van der Waals surface area contributed by atoms with Crippen molar-refractivity contribution in [3.63, 3.8) is 0 Å². The molecule has 0 fully saturated rings. The molecular formula is C12H14BrNO3S. The molecule has 1 aromatic rings. The average Bonchev–Trinajstić information content (AvgIpc) is 2.34. The third kappa shape index (κ3) is 4.70. The fourth-order valence-corrected chi connectivity index (χ4v) is 2.02. The molecule has 2 N–H and O–H groups in total. The number of carbonyl (C=O) groups excluding carboxylic acids is 1. The first-order valence-electron chi connectivity index (χ1n) is 5.31. The van der Waals surface area contributed by atoms with E-state index in [1.54, 1.807) is 36.0 Å². The second-order valence-corrected chi connectivity index (χ2v) is 5.53. The summed E-state index contributed by atoms with van der Waals surface area (Å²) in [5.74, 6) is -0.632. The standard InChI is InChI=1S/C12H14BrNO3S/c1-18-7-6-10(15)14-11(12(16)17)8-2-4-9(13)5-3-8/h2-5,11H,6-7H2,1H3,(H,14,15)(H,16,17). The molecule has 0 aliphatic rings. The summed E-state index contributed by atoms with van der Waals surface area (Å²) in [7, 11) is 0. The van der Waals surface area contributed by atoms with Crippen LogP contribution in [-0.4, -0.2) is 29.0 Å². The number of thioether (sulfide) groups is 1. The van der Waals surface area contributed by atoms with Gasteiger partial charge in [0.1, 0.15) is 0 Å². The van der Waals surface area contributed by atoms with E-state index < -0.39 is 12.0 Å². The molecular weight excluding hydrogens is 318 g/mol. The summed E-state index contributed by atoms with van der Waals surface area (Å²) in [5.41, 5.74) is 0.559. The first kappa shape index (κ1) is 15.0. The lowest BCUT2D eigenvalue weighted by Gasteiger charge is -2.14. The van der Waals surface area contributed by atoms with Gasteiger partial charge in [-0.25, -0.2) is 4.79 Å². The highest BCUT2D eigenvalue weighted by molar-refractivity contribution is 9.10. The molecule has 1 atom stereocenters. The Kier molecular flexibility index (Phi) is 6.21. The molecule has 0 aromatic heterocycles. The smallest absolute Gasteiger partial charge is 0.330 e. The van der Waals surface area contributed by atoms with E-state index in [9.17, 15) is 9.59 Å². The van der Waals surface area contributed by atoms with Gasteiger partial charge in [-0.3, -0.25) is 4.79 Å². The topological polar surface area (TPSA) is 66.4 Å². The summed E-state index contributed by atoms with van der Waals surface area (Å²) >= 11 is 4.83. The lowest BCUT2D eigenvalue weighted by molar-refractivity contribution is -0.142. The molecule has 0 spiro atoms. The molecule has 18 heavy (non-hydrogen) atoms. The molecule has 98 valence electrons. The van der Waals surface area contributed by atoms with Crippen LogP contribution in [0, 0.1) is 0 Å². The zero-order valence-electron chi connectivity index (χ0n) is 9.85. The van der Waals surface area contributed by atoms with Gasteiger partial charge in [0.05, 0.1) is 0 Å². The van der Waals surface area contributed by atoms with Crippen molar-refractivity contribution in [2.24, 2.45) is 0 Å². The van der Waals surface area contributed by atoms with Crippen molar-refractivity contribution < 1.29 is 14.7 Å². The van der Waals surface area contributed by atoms with Crippen LogP contribution in [-0.2, 0) is 9.59 Å². The van der Waals surface area contributed by atoms with Crippen LogP contribution in [0.5, 0.6) is 0 Å². The zero-order chi connectivity index (χ0) is 13.5. The van der Waals surface area contributed by atoms with Crippen molar-refractivity contribution in [3.05, 3.63) is 34.3 Å². The lowest BCUT2D eigenvalue weighted by atomic mass is 10.1. The van der Waals surface area contributed by atoms with Gasteiger partial charge in [-0.05, 0) is 24.0 Å². The van der Waals surface area contributed by atoms with Crippen LogP contribution < -0.4 is 5.32 Å². The molecule has 1 amide bonds. The maximum Gasteiger partial charge on any atom is 0.330 e. The maximum atomic E-state index is 11.6. The molecule has 1 unspecified atom stereocenters. The minimum Gasteiger partial charge on any atom is -0.479 e. The van der Waals surface area contributed by atoms with Crippen molar-refractivity contribution in [1.82, 2.24) is 5.32 Å². The van der Waals surface area contributed by atoms with Gasteiger partial charge < -0.3 is 10.4 Å². The number of carbonyl (C=O) groups is 2. The Bertz CT molecular complexity index is 422. The Morgan fingerprint density at radius 2 is 2.00 bits per heavy atom. The molecule has 0 radical (unpaired) electrons. The molecule has 1 rings (SSSR count). The van der Waals surface area contributed by atoms with Gasteiger partial charge in [-0.15, -0.1) is 0 Å². The summed E-state index contributed by atoms with van der Waals surface area (Å²) in [6.07, 6.45) is 2.22. The highest BCUT2D eigenvalue weighted by Gasteiger charge is 2.21. The molecule has 4 nitrogen and oxygen atoms in total. The van der Waals surface area contributed by atoms with Crippen LogP contribution in [0.4, 0.5) is 0 Å². The molecule has 6 heteroatoms. The largest absolute Gasteiger partial charge is 0.479 e. The van der Waals surface area contributed by atoms with Crippen LogP contribution in [0.15, 0.2) is 28.7 Å². The fraction of sp³-hybridized carbons (Fsp3) is 0.333. The number of hydrogen-bond donors (Lipinski definition) is 2. The second kappa shape index (κ2) is 7.43. The van der Waals surface area contributed by atoms with Crippen LogP contribution in [0.3, 0.4) is 0 Å². The highest BCUT2D eigenvalue weighted by Crippen LogP contribution is 2.17.